The van der Waals surface area contributed by atoms with Crippen molar-refractivity contribution in [1.29, 1.82) is 0 Å². The minimum Gasteiger partial charge on any atom is -0.462 e. The Morgan fingerprint density at radius 1 is 1.35 bits per heavy atom. The van der Waals surface area contributed by atoms with Gasteiger partial charge in [-0.1, -0.05) is 5.57 Å². The van der Waals surface area contributed by atoms with E-state index < -0.39 is 6.29 Å². The van der Waals surface area contributed by atoms with E-state index in [2.05, 4.69) is 0 Å². The van der Waals surface area contributed by atoms with E-state index in [1.54, 1.807) is 0 Å². The number of hydrogen-bond acceptors (Lipinski definition) is 5. The largest absolute Gasteiger partial charge is 0.462 e. The monoisotopic (exact) mass is 284 g/mol. The van der Waals surface area contributed by atoms with Crippen LogP contribution in [-0.4, -0.2) is 37.9 Å². The second-order valence-corrected chi connectivity index (χ2v) is 4.84. The quantitative estimate of drug-likeness (QED) is 0.407. The summed E-state index contributed by atoms with van der Waals surface area (Å²) in [5.41, 5.74) is 1.65. The third kappa shape index (κ3) is 4.15. The predicted octanol–water partition coefficient (Wildman–Crippen LogP) is 2.24. The second-order valence-electron chi connectivity index (χ2n) is 4.84. The molecule has 5 nitrogen and oxygen atoms in total. The summed E-state index contributed by atoms with van der Waals surface area (Å²) in [6, 6.07) is 0. The van der Waals surface area contributed by atoms with E-state index in [0.717, 1.165) is 18.3 Å². The average Bonchev–Trinajstić information content (AvgIpc) is 2.39. The van der Waals surface area contributed by atoms with Gasteiger partial charge in [-0.15, -0.1) is 0 Å². The van der Waals surface area contributed by atoms with E-state index in [1.165, 1.54) is 6.92 Å². The summed E-state index contributed by atoms with van der Waals surface area (Å²) in [5.74, 6) is -0.707. The van der Waals surface area contributed by atoms with Crippen molar-refractivity contribution < 1.29 is 23.8 Å². The average molecular weight is 284 g/mol. The van der Waals surface area contributed by atoms with Crippen LogP contribution < -0.4 is 0 Å². The Morgan fingerprint density at radius 3 is 2.40 bits per heavy atom. The zero-order valence-corrected chi connectivity index (χ0v) is 12.7. The maximum atomic E-state index is 11.4. The molecule has 0 bridgehead atoms. The first kappa shape index (κ1) is 16.9. The van der Waals surface area contributed by atoms with Crippen LogP contribution in [0.5, 0.6) is 0 Å². The van der Waals surface area contributed by atoms with Crippen molar-refractivity contribution >= 4 is 12.3 Å². The maximum Gasteiger partial charge on any atom is 0.302 e. The van der Waals surface area contributed by atoms with E-state index in [0.29, 0.717) is 25.2 Å². The first-order chi connectivity index (χ1) is 9.54. The molecule has 0 saturated carbocycles. The standard InChI is InChI=1S/C15H24O5/c1-5-18-15(19-6-2)14-12(9-16)10(3)7-8-13(14)20-11(4)17/h9,13-15H,5-8H2,1-4H3/t13-,14-/m1/s1. The molecule has 114 valence electrons. The van der Waals surface area contributed by atoms with Gasteiger partial charge in [0.25, 0.3) is 0 Å². The van der Waals surface area contributed by atoms with Crippen LogP contribution in [-0.2, 0) is 23.8 Å². The second kappa shape index (κ2) is 8.17. The molecule has 20 heavy (non-hydrogen) atoms. The van der Waals surface area contributed by atoms with Gasteiger partial charge in [0.05, 0.1) is 5.92 Å². The molecule has 0 aromatic rings. The summed E-state index contributed by atoms with van der Waals surface area (Å²) in [4.78, 5) is 22.7. The minimum atomic E-state index is -0.565. The first-order valence-corrected chi connectivity index (χ1v) is 7.10. The van der Waals surface area contributed by atoms with Crippen molar-refractivity contribution in [1.82, 2.24) is 0 Å². The molecule has 1 rings (SSSR count). The van der Waals surface area contributed by atoms with E-state index in [1.807, 2.05) is 20.8 Å². The Bertz CT molecular complexity index is 368. The normalized spacial score (nSPS) is 23.1. The summed E-state index contributed by atoms with van der Waals surface area (Å²) in [6.45, 7) is 7.98. The molecule has 0 radical (unpaired) electrons. The van der Waals surface area contributed by atoms with E-state index in [9.17, 15) is 9.59 Å². The van der Waals surface area contributed by atoms with Crippen LogP contribution in [0.1, 0.15) is 40.5 Å². The highest BCUT2D eigenvalue weighted by Gasteiger charge is 2.39. The number of carbonyl (C=O) groups excluding carboxylic acids is 2. The van der Waals surface area contributed by atoms with Crippen molar-refractivity contribution in [2.24, 2.45) is 5.92 Å². The van der Waals surface area contributed by atoms with Crippen LogP contribution in [0, 0.1) is 5.92 Å². The number of rotatable bonds is 7. The molecule has 0 aromatic carbocycles. The smallest absolute Gasteiger partial charge is 0.302 e. The summed E-state index contributed by atoms with van der Waals surface area (Å²) in [6.07, 6.45) is 1.32. The topological polar surface area (TPSA) is 61.8 Å². The lowest BCUT2D eigenvalue weighted by atomic mass is 9.81. The van der Waals surface area contributed by atoms with Crippen LogP contribution >= 0.6 is 0 Å². The first-order valence-electron chi connectivity index (χ1n) is 7.10. The fourth-order valence-electron chi connectivity index (χ4n) is 2.60. The van der Waals surface area contributed by atoms with E-state index in [4.69, 9.17) is 14.2 Å². The Labute approximate surface area is 120 Å². The van der Waals surface area contributed by atoms with Crippen LogP contribution in [0.3, 0.4) is 0 Å². The predicted molar refractivity (Wildman–Crippen MR) is 74.1 cm³/mol. The number of ether oxygens (including phenoxy) is 3. The number of esters is 1. The van der Waals surface area contributed by atoms with Crippen LogP contribution in [0.4, 0.5) is 0 Å². The van der Waals surface area contributed by atoms with Gasteiger partial charge >= 0.3 is 5.97 Å². The summed E-state index contributed by atoms with van der Waals surface area (Å²) < 4.78 is 16.6. The zero-order chi connectivity index (χ0) is 15.1. The van der Waals surface area contributed by atoms with Crippen LogP contribution in [0.2, 0.25) is 0 Å². The fourth-order valence-corrected chi connectivity index (χ4v) is 2.60. The van der Waals surface area contributed by atoms with Gasteiger partial charge in [0.2, 0.25) is 0 Å². The molecule has 0 amide bonds. The van der Waals surface area contributed by atoms with Gasteiger partial charge in [-0.25, -0.2) is 0 Å². The Kier molecular flexibility index (Phi) is 6.88. The highest BCUT2D eigenvalue weighted by Crippen LogP contribution is 2.35. The highest BCUT2D eigenvalue weighted by atomic mass is 16.7. The number of hydrogen-bond donors (Lipinski definition) is 0. The van der Waals surface area contributed by atoms with Gasteiger partial charge < -0.3 is 14.2 Å². The van der Waals surface area contributed by atoms with Gasteiger partial charge in [0.1, 0.15) is 12.4 Å². The van der Waals surface area contributed by atoms with Gasteiger partial charge in [0, 0.05) is 25.7 Å². The van der Waals surface area contributed by atoms with Gasteiger partial charge in [0.15, 0.2) is 6.29 Å². The molecule has 0 aromatic heterocycles. The number of carbonyl (C=O) groups is 2. The molecule has 1 aliphatic carbocycles. The summed E-state index contributed by atoms with van der Waals surface area (Å²) >= 11 is 0. The third-order valence-corrected chi connectivity index (χ3v) is 3.46. The fraction of sp³-hybridized carbons (Fsp3) is 0.733. The van der Waals surface area contributed by atoms with Crippen molar-refractivity contribution in [3.05, 3.63) is 11.1 Å². The van der Waals surface area contributed by atoms with Crippen molar-refractivity contribution in [3.63, 3.8) is 0 Å². The summed E-state index contributed by atoms with van der Waals surface area (Å²) in [7, 11) is 0. The Morgan fingerprint density at radius 2 is 1.95 bits per heavy atom. The molecule has 0 spiro atoms. The lowest BCUT2D eigenvalue weighted by Crippen LogP contribution is -2.42. The molecule has 2 atom stereocenters. The Balaban J connectivity index is 3.07. The molecular weight excluding hydrogens is 260 g/mol. The molecule has 0 fully saturated rings. The maximum absolute atomic E-state index is 11.4. The van der Waals surface area contributed by atoms with Crippen LogP contribution in [0.25, 0.3) is 0 Å². The van der Waals surface area contributed by atoms with Crippen molar-refractivity contribution in [2.75, 3.05) is 13.2 Å². The minimum absolute atomic E-state index is 0.350. The third-order valence-electron chi connectivity index (χ3n) is 3.46. The molecule has 5 heteroatoms. The van der Waals surface area contributed by atoms with Gasteiger partial charge in [-0.2, -0.15) is 0 Å². The molecule has 0 N–H and O–H groups in total. The number of aldehydes is 1. The lowest BCUT2D eigenvalue weighted by molar-refractivity contribution is -0.190. The molecule has 1 aliphatic rings. The van der Waals surface area contributed by atoms with Crippen LogP contribution in [0.15, 0.2) is 11.1 Å². The van der Waals surface area contributed by atoms with E-state index in [-0.39, 0.29) is 18.0 Å². The van der Waals surface area contributed by atoms with Gasteiger partial charge in [-0.3, -0.25) is 9.59 Å². The molecule has 0 unspecified atom stereocenters. The molecular formula is C15H24O5. The number of allylic oxidation sites excluding steroid dienone is 1. The van der Waals surface area contributed by atoms with Crippen molar-refractivity contribution in [2.45, 2.75) is 52.9 Å². The van der Waals surface area contributed by atoms with E-state index >= 15 is 0 Å². The van der Waals surface area contributed by atoms with Gasteiger partial charge in [-0.05, 0) is 33.6 Å². The van der Waals surface area contributed by atoms with Crippen molar-refractivity contribution in [3.8, 4) is 0 Å². The SMILES string of the molecule is CCOC(OCC)[C@@H]1C(C=O)=C(C)CC[C@H]1OC(C)=O. The molecule has 0 saturated heterocycles. The lowest BCUT2D eigenvalue weighted by Gasteiger charge is -2.36. The highest BCUT2D eigenvalue weighted by molar-refractivity contribution is 5.76. The Hall–Kier alpha value is -1.20. The molecule has 0 aliphatic heterocycles. The zero-order valence-electron chi connectivity index (χ0n) is 12.7. The molecule has 0 heterocycles. The summed E-state index contributed by atoms with van der Waals surface area (Å²) in [5, 5.41) is 0.